The van der Waals surface area contributed by atoms with Crippen molar-refractivity contribution in [3.05, 3.63) is 0 Å². The third-order valence-electron chi connectivity index (χ3n) is 9.34. The largest absolute Gasteiger partial charge is 0.327 e. The van der Waals surface area contributed by atoms with Crippen LogP contribution >= 0.6 is 0 Å². The van der Waals surface area contributed by atoms with Crippen LogP contribution in [-0.2, 0) is 0 Å². The first kappa shape index (κ1) is 14.5. The summed E-state index contributed by atoms with van der Waals surface area (Å²) in [6.07, 6.45) is 7.14. The van der Waals surface area contributed by atoms with E-state index in [1.165, 1.54) is 32.1 Å². The quantitative estimate of drug-likeness (QED) is 0.734. The Labute approximate surface area is 131 Å². The molecule has 0 amide bonds. The summed E-state index contributed by atoms with van der Waals surface area (Å²) in [7, 11) is 0. The van der Waals surface area contributed by atoms with Gasteiger partial charge in [0.2, 0.25) is 0 Å². The smallest absolute Gasteiger partial charge is 0.0135 e. The van der Waals surface area contributed by atoms with Gasteiger partial charge in [-0.3, -0.25) is 0 Å². The molecule has 0 radical (unpaired) electrons. The van der Waals surface area contributed by atoms with Gasteiger partial charge in [0.05, 0.1) is 0 Å². The van der Waals surface area contributed by atoms with Crippen molar-refractivity contribution in [3.8, 4) is 0 Å². The molecule has 0 aromatic rings. The van der Waals surface area contributed by atoms with E-state index in [1.807, 2.05) is 0 Å². The molecular formula is C20H35N. The Balaban J connectivity index is 1.84. The average Bonchev–Trinajstić information content (AvgIpc) is 3.11. The third kappa shape index (κ3) is 1.24. The zero-order valence-electron chi connectivity index (χ0n) is 15.0. The Morgan fingerprint density at radius 1 is 0.810 bits per heavy atom. The van der Waals surface area contributed by atoms with E-state index in [9.17, 15) is 0 Å². The fraction of sp³-hybridized carbons (Fsp3) is 1.00. The van der Waals surface area contributed by atoms with Gasteiger partial charge in [-0.25, -0.2) is 0 Å². The lowest BCUT2D eigenvalue weighted by molar-refractivity contribution is 0.0429. The molecule has 0 bridgehead atoms. The Kier molecular flexibility index (Phi) is 2.57. The van der Waals surface area contributed by atoms with Gasteiger partial charge in [0.15, 0.2) is 0 Å². The highest BCUT2D eigenvalue weighted by Gasteiger charge is 2.91. The lowest BCUT2D eigenvalue weighted by atomic mass is 9.60. The first-order valence-corrected chi connectivity index (χ1v) is 9.41. The highest BCUT2D eigenvalue weighted by Crippen LogP contribution is 2.95. The summed E-state index contributed by atoms with van der Waals surface area (Å²) in [5.74, 6) is 3.46. The van der Waals surface area contributed by atoms with Crippen LogP contribution in [0.1, 0.15) is 73.6 Å². The maximum atomic E-state index is 6.98. The maximum Gasteiger partial charge on any atom is 0.0135 e. The summed E-state index contributed by atoms with van der Waals surface area (Å²) < 4.78 is 0. The second-order valence-electron chi connectivity index (χ2n) is 10.4. The van der Waals surface area contributed by atoms with Gasteiger partial charge in [0.25, 0.3) is 0 Å². The molecule has 2 N–H and O–H groups in total. The van der Waals surface area contributed by atoms with E-state index < -0.39 is 0 Å². The molecule has 4 aliphatic rings. The Bertz CT molecular complexity index is 478. The zero-order chi connectivity index (χ0) is 15.4. The molecule has 1 nitrogen and oxygen atoms in total. The van der Waals surface area contributed by atoms with Crippen LogP contribution in [0.5, 0.6) is 0 Å². The van der Waals surface area contributed by atoms with Gasteiger partial charge >= 0.3 is 0 Å². The Morgan fingerprint density at radius 3 is 2.10 bits per heavy atom. The first-order valence-electron chi connectivity index (χ1n) is 9.41. The minimum atomic E-state index is 0.431. The second-order valence-corrected chi connectivity index (χ2v) is 10.4. The van der Waals surface area contributed by atoms with E-state index in [2.05, 4.69) is 41.5 Å². The number of rotatable bonds is 1. The van der Waals surface area contributed by atoms with Crippen molar-refractivity contribution < 1.29 is 0 Å². The highest BCUT2D eigenvalue weighted by atomic mass is 15.0. The molecule has 0 aromatic heterocycles. The average molecular weight is 290 g/mol. The van der Waals surface area contributed by atoms with Crippen LogP contribution in [0, 0.1) is 45.3 Å². The summed E-state index contributed by atoms with van der Waals surface area (Å²) >= 11 is 0. The van der Waals surface area contributed by atoms with Gasteiger partial charge in [0, 0.05) is 11.5 Å². The van der Waals surface area contributed by atoms with E-state index in [4.69, 9.17) is 5.73 Å². The monoisotopic (exact) mass is 289 g/mol. The minimum Gasteiger partial charge on any atom is -0.327 e. The van der Waals surface area contributed by atoms with Crippen molar-refractivity contribution >= 4 is 0 Å². The van der Waals surface area contributed by atoms with Crippen molar-refractivity contribution in [1.29, 1.82) is 0 Å². The van der Waals surface area contributed by atoms with E-state index >= 15 is 0 Å². The van der Waals surface area contributed by atoms with Crippen LogP contribution in [0.2, 0.25) is 0 Å². The number of hydrogen-bond donors (Lipinski definition) is 1. The predicted octanol–water partition coefficient (Wildman–Crippen LogP) is 4.85. The molecule has 4 rings (SSSR count). The molecule has 4 saturated carbocycles. The fourth-order valence-electron chi connectivity index (χ4n) is 8.47. The summed E-state index contributed by atoms with van der Waals surface area (Å²) in [4.78, 5) is 0. The molecule has 120 valence electrons. The van der Waals surface area contributed by atoms with Crippen molar-refractivity contribution in [2.75, 3.05) is 0 Å². The summed E-state index contributed by atoms with van der Waals surface area (Å²) in [6, 6.07) is 0.431. The van der Waals surface area contributed by atoms with E-state index in [-0.39, 0.29) is 0 Å². The van der Waals surface area contributed by atoms with Gasteiger partial charge < -0.3 is 5.73 Å². The third-order valence-corrected chi connectivity index (χ3v) is 9.34. The standard InChI is InChI=1S/C20H35N/c1-12-7-9-14-17(3,4)19(14,11-12)20-15(18(20,5)6)10-8-13(2)16(20)21/h12-16H,7-11,21H2,1-6H3. The van der Waals surface area contributed by atoms with Crippen molar-refractivity contribution in [3.63, 3.8) is 0 Å². The molecule has 7 atom stereocenters. The molecule has 0 heterocycles. The number of fused-ring (bicyclic) bond motifs is 3. The Hall–Kier alpha value is -0.0400. The van der Waals surface area contributed by atoms with Crippen LogP contribution in [0.4, 0.5) is 0 Å². The molecule has 0 aliphatic heterocycles. The van der Waals surface area contributed by atoms with Crippen LogP contribution in [0.15, 0.2) is 0 Å². The van der Waals surface area contributed by atoms with Gasteiger partial charge in [-0.05, 0) is 65.6 Å². The summed E-state index contributed by atoms with van der Waals surface area (Å²) in [5, 5.41) is 0. The van der Waals surface area contributed by atoms with Gasteiger partial charge in [-0.15, -0.1) is 0 Å². The van der Waals surface area contributed by atoms with E-state index in [0.717, 1.165) is 17.8 Å². The van der Waals surface area contributed by atoms with E-state index in [1.54, 1.807) is 0 Å². The molecular weight excluding hydrogens is 254 g/mol. The fourth-order valence-corrected chi connectivity index (χ4v) is 8.47. The molecule has 0 spiro atoms. The van der Waals surface area contributed by atoms with Gasteiger partial charge in [0.1, 0.15) is 0 Å². The number of nitrogens with two attached hydrogens (primary N) is 1. The van der Waals surface area contributed by atoms with Crippen molar-refractivity contribution in [2.45, 2.75) is 79.7 Å². The van der Waals surface area contributed by atoms with Gasteiger partial charge in [-0.2, -0.15) is 0 Å². The Morgan fingerprint density at radius 2 is 1.43 bits per heavy atom. The molecule has 7 unspecified atom stereocenters. The number of hydrogen-bond acceptors (Lipinski definition) is 1. The summed E-state index contributed by atoms with van der Waals surface area (Å²) in [5.41, 5.74) is 8.98. The molecule has 0 aromatic carbocycles. The topological polar surface area (TPSA) is 26.0 Å². The first-order chi connectivity index (χ1) is 9.65. The SMILES string of the molecule is CC1CCC2C(C)(C)C2(C23C(N)C(C)CCC2C3(C)C)C1. The molecule has 4 fully saturated rings. The lowest BCUT2D eigenvalue weighted by Gasteiger charge is -2.46. The predicted molar refractivity (Wildman–Crippen MR) is 88.8 cm³/mol. The van der Waals surface area contributed by atoms with Crippen LogP contribution in [-0.4, -0.2) is 6.04 Å². The molecule has 4 aliphatic carbocycles. The zero-order valence-corrected chi connectivity index (χ0v) is 15.0. The van der Waals surface area contributed by atoms with Crippen molar-refractivity contribution in [1.82, 2.24) is 0 Å². The van der Waals surface area contributed by atoms with Crippen molar-refractivity contribution in [2.24, 2.45) is 51.1 Å². The lowest BCUT2D eigenvalue weighted by Crippen LogP contribution is -2.50. The van der Waals surface area contributed by atoms with Crippen LogP contribution in [0.3, 0.4) is 0 Å². The second kappa shape index (κ2) is 3.71. The highest BCUT2D eigenvalue weighted by molar-refractivity contribution is 5.39. The van der Waals surface area contributed by atoms with Crippen LogP contribution in [0.25, 0.3) is 0 Å². The van der Waals surface area contributed by atoms with Crippen LogP contribution < -0.4 is 5.73 Å². The molecule has 21 heavy (non-hydrogen) atoms. The maximum absolute atomic E-state index is 6.98. The van der Waals surface area contributed by atoms with Gasteiger partial charge in [-0.1, -0.05) is 48.0 Å². The normalized spacial score (nSPS) is 59.9. The van der Waals surface area contributed by atoms with E-state index in [0.29, 0.717) is 33.6 Å². The summed E-state index contributed by atoms with van der Waals surface area (Å²) in [6.45, 7) is 15.2. The molecule has 1 heteroatoms. The molecule has 0 saturated heterocycles. The minimum absolute atomic E-state index is 0.431.